The van der Waals surface area contributed by atoms with Crippen molar-refractivity contribution < 1.29 is 9.53 Å². The van der Waals surface area contributed by atoms with E-state index in [1.165, 1.54) is 38.5 Å². The molecule has 2 aliphatic heterocycles. The van der Waals surface area contributed by atoms with E-state index in [-0.39, 0.29) is 5.91 Å². The molecule has 2 heterocycles. The third-order valence-corrected chi connectivity index (χ3v) is 5.59. The van der Waals surface area contributed by atoms with Crippen LogP contribution in [0.1, 0.15) is 57.8 Å². The van der Waals surface area contributed by atoms with Gasteiger partial charge in [-0.2, -0.15) is 0 Å². The second kappa shape index (κ2) is 8.70. The molecule has 6 nitrogen and oxygen atoms in total. The number of carbonyl (C=O) groups excluding carboxylic acids is 1. The molecule has 3 aliphatic rings. The molecular formula is C18H32N4O2. The normalized spacial score (nSPS) is 30.4. The van der Waals surface area contributed by atoms with Crippen LogP contribution in [0.3, 0.4) is 0 Å². The van der Waals surface area contributed by atoms with Crippen molar-refractivity contribution in [1.29, 1.82) is 0 Å². The van der Waals surface area contributed by atoms with Crippen molar-refractivity contribution in [3.8, 4) is 0 Å². The zero-order chi connectivity index (χ0) is 16.8. The van der Waals surface area contributed by atoms with E-state index < -0.39 is 0 Å². The molecule has 2 saturated heterocycles. The number of fused-ring (bicyclic) bond motifs is 2. The third kappa shape index (κ3) is 4.85. The molecule has 1 saturated carbocycles. The van der Waals surface area contributed by atoms with Crippen molar-refractivity contribution in [3.63, 3.8) is 0 Å². The Morgan fingerprint density at radius 1 is 1.08 bits per heavy atom. The predicted molar refractivity (Wildman–Crippen MR) is 95.0 cm³/mol. The van der Waals surface area contributed by atoms with Gasteiger partial charge in [-0.3, -0.25) is 9.79 Å². The van der Waals surface area contributed by atoms with Crippen LogP contribution in [0.5, 0.6) is 0 Å². The highest BCUT2D eigenvalue weighted by Crippen LogP contribution is 2.34. The van der Waals surface area contributed by atoms with E-state index in [1.807, 2.05) is 0 Å². The van der Waals surface area contributed by atoms with Gasteiger partial charge in [0.1, 0.15) is 0 Å². The highest BCUT2D eigenvalue weighted by molar-refractivity contribution is 5.80. The number of hydrogen-bond acceptors (Lipinski definition) is 3. The summed E-state index contributed by atoms with van der Waals surface area (Å²) in [7, 11) is 1.78. The second-order valence-corrected chi connectivity index (χ2v) is 7.42. The monoisotopic (exact) mass is 336 g/mol. The Balaban J connectivity index is 1.28. The summed E-state index contributed by atoms with van der Waals surface area (Å²) in [5.41, 5.74) is 0. The van der Waals surface area contributed by atoms with Crippen LogP contribution in [0.2, 0.25) is 0 Å². The molecule has 3 fully saturated rings. The van der Waals surface area contributed by atoms with Crippen LogP contribution in [0, 0.1) is 5.92 Å². The average Bonchev–Trinajstić information content (AvgIpc) is 3.21. The van der Waals surface area contributed by atoms with E-state index in [1.54, 1.807) is 7.05 Å². The third-order valence-electron chi connectivity index (χ3n) is 5.59. The number of ether oxygens (including phenoxy) is 1. The van der Waals surface area contributed by atoms with Gasteiger partial charge in [-0.05, 0) is 38.0 Å². The predicted octanol–water partition coefficient (Wildman–Crippen LogP) is 1.56. The van der Waals surface area contributed by atoms with Crippen LogP contribution in [0.25, 0.3) is 0 Å². The molecule has 3 rings (SSSR count). The number of hydrogen-bond donors (Lipinski definition) is 3. The smallest absolute Gasteiger partial charge is 0.220 e. The Bertz CT molecular complexity index is 448. The first kappa shape index (κ1) is 17.5. The van der Waals surface area contributed by atoms with Crippen LogP contribution in [-0.2, 0) is 9.53 Å². The molecule has 24 heavy (non-hydrogen) atoms. The zero-order valence-electron chi connectivity index (χ0n) is 14.9. The molecular weight excluding hydrogens is 304 g/mol. The first-order chi connectivity index (χ1) is 11.7. The highest BCUT2D eigenvalue weighted by Gasteiger charge is 2.41. The fraction of sp³-hybridized carbons (Fsp3) is 0.889. The minimum atomic E-state index is 0.188. The maximum atomic E-state index is 12.0. The number of amides is 1. The first-order valence-corrected chi connectivity index (χ1v) is 9.64. The molecule has 0 radical (unpaired) electrons. The van der Waals surface area contributed by atoms with Gasteiger partial charge in [0.15, 0.2) is 5.96 Å². The molecule has 6 heteroatoms. The Hall–Kier alpha value is -1.30. The molecule has 1 aliphatic carbocycles. The van der Waals surface area contributed by atoms with Crippen molar-refractivity contribution in [2.75, 3.05) is 20.1 Å². The maximum absolute atomic E-state index is 12.0. The quantitative estimate of drug-likeness (QED) is 0.391. The minimum Gasteiger partial charge on any atom is -0.373 e. The van der Waals surface area contributed by atoms with Gasteiger partial charge in [0.25, 0.3) is 0 Å². The van der Waals surface area contributed by atoms with Crippen LogP contribution in [-0.4, -0.2) is 50.3 Å². The van der Waals surface area contributed by atoms with E-state index in [0.29, 0.717) is 43.7 Å². The fourth-order valence-electron chi connectivity index (χ4n) is 4.27. The summed E-state index contributed by atoms with van der Waals surface area (Å²) in [6, 6.07) is 0.371. The summed E-state index contributed by atoms with van der Waals surface area (Å²) < 4.78 is 5.86. The van der Waals surface area contributed by atoms with Gasteiger partial charge in [0.2, 0.25) is 5.91 Å². The van der Waals surface area contributed by atoms with Crippen LogP contribution in [0.4, 0.5) is 0 Å². The van der Waals surface area contributed by atoms with Crippen LogP contribution < -0.4 is 16.0 Å². The topological polar surface area (TPSA) is 74.8 Å². The maximum Gasteiger partial charge on any atom is 0.220 e. The van der Waals surface area contributed by atoms with Crippen molar-refractivity contribution in [2.45, 2.75) is 76.0 Å². The summed E-state index contributed by atoms with van der Waals surface area (Å²) in [5.74, 6) is 1.59. The summed E-state index contributed by atoms with van der Waals surface area (Å²) >= 11 is 0. The summed E-state index contributed by atoms with van der Waals surface area (Å²) in [4.78, 5) is 16.3. The summed E-state index contributed by atoms with van der Waals surface area (Å²) in [6.45, 7) is 1.33. The number of nitrogens with one attached hydrogen (secondary N) is 3. The van der Waals surface area contributed by atoms with Gasteiger partial charge in [-0.25, -0.2) is 0 Å². The Labute approximate surface area is 145 Å². The van der Waals surface area contributed by atoms with E-state index in [0.717, 1.165) is 18.8 Å². The Kier molecular flexibility index (Phi) is 6.35. The number of aliphatic imine (C=N–C) groups is 1. The first-order valence-electron chi connectivity index (χ1n) is 9.64. The van der Waals surface area contributed by atoms with Gasteiger partial charge in [-0.15, -0.1) is 0 Å². The summed E-state index contributed by atoms with van der Waals surface area (Å²) in [6.07, 6.45) is 11.2. The number of carbonyl (C=O) groups is 1. The van der Waals surface area contributed by atoms with Crippen molar-refractivity contribution >= 4 is 11.9 Å². The molecule has 136 valence electrons. The molecule has 0 aromatic rings. The molecule has 1 amide bonds. The van der Waals surface area contributed by atoms with E-state index in [4.69, 9.17) is 4.74 Å². The van der Waals surface area contributed by atoms with E-state index in [2.05, 4.69) is 20.9 Å². The molecule has 2 bridgehead atoms. The lowest BCUT2D eigenvalue weighted by atomic mass is 9.87. The van der Waals surface area contributed by atoms with E-state index in [9.17, 15) is 4.79 Å². The van der Waals surface area contributed by atoms with Gasteiger partial charge in [0.05, 0.1) is 18.2 Å². The van der Waals surface area contributed by atoms with Crippen molar-refractivity contribution in [2.24, 2.45) is 10.9 Å². The van der Waals surface area contributed by atoms with E-state index >= 15 is 0 Å². The fourth-order valence-corrected chi connectivity index (χ4v) is 4.27. The van der Waals surface area contributed by atoms with Crippen molar-refractivity contribution in [1.82, 2.24) is 16.0 Å². The van der Waals surface area contributed by atoms with Crippen LogP contribution >= 0.6 is 0 Å². The lowest BCUT2D eigenvalue weighted by molar-refractivity contribution is -0.122. The zero-order valence-corrected chi connectivity index (χ0v) is 14.9. The number of rotatable bonds is 6. The SMILES string of the molecule is CN=C(NCCNC(=O)CC1CCCCC1)NC1CC2CCC1O2. The van der Waals surface area contributed by atoms with Gasteiger partial charge < -0.3 is 20.7 Å². The molecule has 3 atom stereocenters. The van der Waals surface area contributed by atoms with Crippen LogP contribution in [0.15, 0.2) is 4.99 Å². The highest BCUT2D eigenvalue weighted by atomic mass is 16.5. The molecule has 3 unspecified atom stereocenters. The largest absolute Gasteiger partial charge is 0.373 e. The molecule has 0 spiro atoms. The Morgan fingerprint density at radius 3 is 2.54 bits per heavy atom. The van der Waals surface area contributed by atoms with Gasteiger partial charge in [-0.1, -0.05) is 19.3 Å². The lowest BCUT2D eigenvalue weighted by Gasteiger charge is -2.23. The van der Waals surface area contributed by atoms with Gasteiger partial charge in [0, 0.05) is 26.6 Å². The Morgan fingerprint density at radius 2 is 1.88 bits per heavy atom. The standard InChI is InChI=1S/C18H32N4O2/c1-19-18(22-15-12-14-7-8-16(15)24-14)21-10-9-20-17(23)11-13-5-3-2-4-6-13/h13-16H,2-12H2,1H3,(H,20,23)(H2,19,21,22). The minimum absolute atomic E-state index is 0.188. The molecule has 0 aromatic carbocycles. The number of guanidine groups is 1. The molecule has 3 N–H and O–H groups in total. The lowest BCUT2D eigenvalue weighted by Crippen LogP contribution is -2.48. The number of nitrogens with zero attached hydrogens (tertiary/aromatic N) is 1. The van der Waals surface area contributed by atoms with Gasteiger partial charge >= 0.3 is 0 Å². The molecule has 0 aromatic heterocycles. The summed E-state index contributed by atoms with van der Waals surface area (Å²) in [5, 5.41) is 9.76. The average molecular weight is 336 g/mol. The van der Waals surface area contributed by atoms with Crippen molar-refractivity contribution in [3.05, 3.63) is 0 Å². The second-order valence-electron chi connectivity index (χ2n) is 7.42.